The summed E-state index contributed by atoms with van der Waals surface area (Å²) in [6.45, 7) is 4.28. The second-order valence-electron chi connectivity index (χ2n) is 6.18. The van der Waals surface area contributed by atoms with Crippen LogP contribution in [0.2, 0.25) is 0 Å². The Bertz CT molecular complexity index is 656. The van der Waals surface area contributed by atoms with E-state index in [1.165, 1.54) is 6.20 Å². The van der Waals surface area contributed by atoms with Crippen molar-refractivity contribution < 1.29 is 4.79 Å². The molecule has 0 saturated carbocycles. The fraction of sp³-hybridized carbons (Fsp3) is 0.444. The monoisotopic (exact) mass is 342 g/mol. The van der Waals surface area contributed by atoms with Crippen molar-refractivity contribution in [1.29, 1.82) is 5.26 Å². The molecule has 0 aliphatic carbocycles. The average Bonchev–Trinajstić information content (AvgIpc) is 2.63. The van der Waals surface area contributed by atoms with Gasteiger partial charge in [0.05, 0.1) is 0 Å². The normalized spacial score (nSPS) is 15.6. The molecule has 1 amide bonds. The number of benzene rings is 1. The van der Waals surface area contributed by atoms with Crippen LogP contribution >= 0.6 is 0 Å². The van der Waals surface area contributed by atoms with Crippen LogP contribution in [0.4, 0.5) is 11.4 Å². The van der Waals surface area contributed by atoms with Crippen molar-refractivity contribution >= 4 is 17.3 Å². The van der Waals surface area contributed by atoms with Crippen LogP contribution in [0.5, 0.6) is 0 Å². The maximum absolute atomic E-state index is 12.5. The molecular formula is C18H26N6O. The number of hydrogen-bond donors (Lipinski definition) is 2. The molecule has 1 saturated heterocycles. The van der Waals surface area contributed by atoms with E-state index in [2.05, 4.69) is 10.2 Å². The zero-order chi connectivity index (χ0) is 18.2. The van der Waals surface area contributed by atoms with Gasteiger partial charge >= 0.3 is 0 Å². The predicted molar refractivity (Wildman–Crippen MR) is 100 cm³/mol. The summed E-state index contributed by atoms with van der Waals surface area (Å²) in [5.74, 6) is -0.230. The summed E-state index contributed by atoms with van der Waals surface area (Å²) in [5.41, 5.74) is 7.55. The Hall–Kier alpha value is -2.56. The van der Waals surface area contributed by atoms with Gasteiger partial charge in [-0.3, -0.25) is 9.69 Å². The number of rotatable bonds is 6. The molecule has 1 aliphatic heterocycles. The molecule has 25 heavy (non-hydrogen) atoms. The van der Waals surface area contributed by atoms with E-state index < -0.39 is 0 Å². The standard InChI is InChI=1S/C18H26N6O/c1-22(2)17-5-3-4-16(12-17)21-14-15(13-20)18(25)24-10-8-23(7-6-19)9-11-24/h3-5,12,14,21H,6-11,19H2,1-2H3/b15-14-. The highest BCUT2D eigenvalue weighted by molar-refractivity contribution is 5.97. The van der Waals surface area contributed by atoms with Crippen molar-refractivity contribution in [2.75, 3.05) is 63.6 Å². The molecule has 1 aromatic rings. The Morgan fingerprint density at radius 1 is 1.36 bits per heavy atom. The van der Waals surface area contributed by atoms with Crippen LogP contribution in [0.3, 0.4) is 0 Å². The topological polar surface area (TPSA) is 88.6 Å². The van der Waals surface area contributed by atoms with Crippen LogP contribution in [-0.4, -0.2) is 69.1 Å². The summed E-state index contributed by atoms with van der Waals surface area (Å²) in [7, 11) is 3.92. The largest absolute Gasteiger partial charge is 0.378 e. The van der Waals surface area contributed by atoms with Crippen molar-refractivity contribution in [1.82, 2.24) is 9.80 Å². The molecule has 1 fully saturated rings. The summed E-state index contributed by atoms with van der Waals surface area (Å²) < 4.78 is 0. The van der Waals surface area contributed by atoms with Gasteiger partial charge in [-0.15, -0.1) is 0 Å². The van der Waals surface area contributed by atoms with Gasteiger partial charge < -0.3 is 20.9 Å². The lowest BCUT2D eigenvalue weighted by Crippen LogP contribution is -2.50. The molecule has 1 aromatic carbocycles. The number of carbonyl (C=O) groups is 1. The second-order valence-corrected chi connectivity index (χ2v) is 6.18. The molecule has 3 N–H and O–H groups in total. The van der Waals surface area contributed by atoms with Gasteiger partial charge in [-0.2, -0.15) is 5.26 Å². The van der Waals surface area contributed by atoms with E-state index in [0.29, 0.717) is 19.6 Å². The molecule has 1 aliphatic rings. The molecule has 2 rings (SSSR count). The molecule has 0 aromatic heterocycles. The molecule has 0 atom stereocenters. The minimum atomic E-state index is -0.230. The summed E-state index contributed by atoms with van der Waals surface area (Å²) in [6, 6.07) is 9.78. The van der Waals surface area contributed by atoms with Crippen LogP contribution in [0, 0.1) is 11.3 Å². The average molecular weight is 342 g/mol. The lowest BCUT2D eigenvalue weighted by molar-refractivity contribution is -0.128. The van der Waals surface area contributed by atoms with Crippen molar-refractivity contribution in [3.05, 3.63) is 36.0 Å². The smallest absolute Gasteiger partial charge is 0.266 e. The summed E-state index contributed by atoms with van der Waals surface area (Å²) in [4.78, 5) is 18.5. The van der Waals surface area contributed by atoms with E-state index in [0.717, 1.165) is 31.0 Å². The minimum Gasteiger partial charge on any atom is -0.378 e. The zero-order valence-corrected chi connectivity index (χ0v) is 14.9. The van der Waals surface area contributed by atoms with Crippen molar-refractivity contribution in [3.8, 4) is 6.07 Å². The zero-order valence-electron chi connectivity index (χ0n) is 14.9. The first-order valence-corrected chi connectivity index (χ1v) is 8.41. The molecule has 134 valence electrons. The number of piperazine rings is 1. The Morgan fingerprint density at radius 2 is 2.08 bits per heavy atom. The number of amides is 1. The highest BCUT2D eigenvalue weighted by Gasteiger charge is 2.23. The number of nitrogens with one attached hydrogen (secondary N) is 1. The highest BCUT2D eigenvalue weighted by Crippen LogP contribution is 2.17. The Morgan fingerprint density at radius 3 is 2.68 bits per heavy atom. The SMILES string of the molecule is CN(C)c1cccc(N/C=C(/C#N)C(=O)N2CCN(CCN)CC2)c1. The minimum absolute atomic E-state index is 0.113. The quantitative estimate of drug-likeness (QED) is 0.584. The number of carbonyl (C=O) groups excluding carboxylic acids is 1. The van der Waals surface area contributed by atoms with Gasteiger partial charge in [0, 0.05) is 70.9 Å². The van der Waals surface area contributed by atoms with Crippen molar-refractivity contribution in [3.63, 3.8) is 0 Å². The van der Waals surface area contributed by atoms with E-state index in [9.17, 15) is 10.1 Å². The van der Waals surface area contributed by atoms with Gasteiger partial charge in [-0.1, -0.05) is 6.07 Å². The lowest BCUT2D eigenvalue weighted by Gasteiger charge is -2.34. The van der Waals surface area contributed by atoms with Crippen LogP contribution in [0.15, 0.2) is 36.0 Å². The second kappa shape index (κ2) is 9.06. The molecule has 0 unspecified atom stereocenters. The van der Waals surface area contributed by atoms with Gasteiger partial charge in [0.25, 0.3) is 5.91 Å². The van der Waals surface area contributed by atoms with E-state index >= 15 is 0 Å². The summed E-state index contributed by atoms with van der Waals surface area (Å²) in [5, 5.41) is 12.4. The number of anilines is 2. The fourth-order valence-corrected chi connectivity index (χ4v) is 2.70. The third kappa shape index (κ3) is 5.21. The van der Waals surface area contributed by atoms with Gasteiger partial charge in [-0.25, -0.2) is 0 Å². The number of nitrogens with two attached hydrogens (primary N) is 1. The van der Waals surface area contributed by atoms with E-state index in [1.807, 2.05) is 49.3 Å². The number of nitrogens with zero attached hydrogens (tertiary/aromatic N) is 4. The first-order valence-electron chi connectivity index (χ1n) is 8.41. The Kier molecular flexibility index (Phi) is 6.81. The molecule has 1 heterocycles. The number of hydrogen-bond acceptors (Lipinski definition) is 6. The van der Waals surface area contributed by atoms with E-state index in [4.69, 9.17) is 5.73 Å². The first kappa shape index (κ1) is 18.8. The van der Waals surface area contributed by atoms with Gasteiger partial charge in [0.15, 0.2) is 0 Å². The third-order valence-corrected chi connectivity index (χ3v) is 4.20. The van der Waals surface area contributed by atoms with Crippen LogP contribution < -0.4 is 16.0 Å². The maximum atomic E-state index is 12.5. The van der Waals surface area contributed by atoms with Crippen LogP contribution in [-0.2, 0) is 4.79 Å². The summed E-state index contributed by atoms with van der Waals surface area (Å²) >= 11 is 0. The van der Waals surface area contributed by atoms with E-state index in [-0.39, 0.29) is 11.5 Å². The van der Waals surface area contributed by atoms with Gasteiger partial charge in [-0.05, 0) is 18.2 Å². The molecule has 0 bridgehead atoms. The Balaban J connectivity index is 1.99. The molecular weight excluding hydrogens is 316 g/mol. The van der Waals surface area contributed by atoms with Crippen LogP contribution in [0.25, 0.3) is 0 Å². The lowest BCUT2D eigenvalue weighted by atomic mass is 10.2. The van der Waals surface area contributed by atoms with Gasteiger partial charge in [0.1, 0.15) is 11.6 Å². The molecule has 7 nitrogen and oxygen atoms in total. The fourth-order valence-electron chi connectivity index (χ4n) is 2.70. The van der Waals surface area contributed by atoms with Crippen molar-refractivity contribution in [2.45, 2.75) is 0 Å². The maximum Gasteiger partial charge on any atom is 0.266 e. The Labute approximate surface area is 149 Å². The van der Waals surface area contributed by atoms with Crippen molar-refractivity contribution in [2.24, 2.45) is 5.73 Å². The molecule has 0 spiro atoms. The number of nitriles is 1. The third-order valence-electron chi connectivity index (χ3n) is 4.20. The van der Waals surface area contributed by atoms with Gasteiger partial charge in [0.2, 0.25) is 0 Å². The van der Waals surface area contributed by atoms with E-state index in [1.54, 1.807) is 4.90 Å². The molecule has 0 radical (unpaired) electrons. The predicted octanol–water partition coefficient (Wildman–Crippen LogP) is 0.675. The summed E-state index contributed by atoms with van der Waals surface area (Å²) in [6.07, 6.45) is 1.49. The molecule has 7 heteroatoms. The highest BCUT2D eigenvalue weighted by atomic mass is 16.2. The first-order chi connectivity index (χ1) is 12.0. The van der Waals surface area contributed by atoms with Crippen LogP contribution in [0.1, 0.15) is 0 Å².